The van der Waals surface area contributed by atoms with Crippen molar-refractivity contribution in [3.8, 4) is 23.0 Å². The molecule has 2 aromatic rings. The van der Waals surface area contributed by atoms with Crippen molar-refractivity contribution in [2.75, 3.05) is 6.61 Å². The zero-order valence-corrected chi connectivity index (χ0v) is 22.1. The summed E-state index contributed by atoms with van der Waals surface area (Å²) >= 11 is 0. The summed E-state index contributed by atoms with van der Waals surface area (Å²) in [6.07, 6.45) is -15.8. The van der Waals surface area contributed by atoms with Crippen molar-refractivity contribution in [2.24, 2.45) is 0 Å². The SMILES string of the molecule is C[C@@H]1O[C@@H](OC[C@H]2O[C@@H](Oc3cc(O)cc4c3C(=O)[C@@](O)(Cc3ccc(O)cc3)O4)[C@H](O)[C@@H](O)[C@@H]2O)[C@H](O)[C@H](O)[C@H]1O. The first-order valence-corrected chi connectivity index (χ1v) is 13.1. The van der Waals surface area contributed by atoms with E-state index in [4.69, 9.17) is 23.7 Å². The molecular weight excluding hydrogens is 564 g/mol. The predicted molar refractivity (Wildman–Crippen MR) is 135 cm³/mol. The summed E-state index contributed by atoms with van der Waals surface area (Å²) in [5.41, 5.74) is 0.149. The van der Waals surface area contributed by atoms with Gasteiger partial charge in [-0.2, -0.15) is 0 Å². The van der Waals surface area contributed by atoms with Gasteiger partial charge in [-0.15, -0.1) is 0 Å². The number of aromatic hydroxyl groups is 2. The van der Waals surface area contributed by atoms with Gasteiger partial charge in [-0.1, -0.05) is 12.1 Å². The molecule has 230 valence electrons. The molecule has 0 aliphatic carbocycles. The van der Waals surface area contributed by atoms with Gasteiger partial charge in [0, 0.05) is 18.6 Å². The number of carbonyl (C=O) groups excluding carboxylic acids is 1. The molecule has 15 heteroatoms. The molecule has 2 fully saturated rings. The molecule has 0 bridgehead atoms. The highest BCUT2D eigenvalue weighted by Crippen LogP contribution is 2.44. The molecule has 0 aromatic heterocycles. The van der Waals surface area contributed by atoms with E-state index >= 15 is 0 Å². The molecule has 0 saturated carbocycles. The van der Waals surface area contributed by atoms with Crippen LogP contribution in [0.15, 0.2) is 36.4 Å². The molecular formula is C27H32O15. The third-order valence-electron chi connectivity index (χ3n) is 7.44. The van der Waals surface area contributed by atoms with Gasteiger partial charge in [-0.25, -0.2) is 0 Å². The van der Waals surface area contributed by atoms with Crippen LogP contribution in [0.3, 0.4) is 0 Å². The van der Waals surface area contributed by atoms with Crippen LogP contribution in [0.25, 0.3) is 0 Å². The number of carbonyl (C=O) groups is 1. The monoisotopic (exact) mass is 596 g/mol. The zero-order chi connectivity index (χ0) is 30.5. The van der Waals surface area contributed by atoms with Crippen molar-refractivity contribution < 1.29 is 74.4 Å². The second kappa shape index (κ2) is 11.5. The van der Waals surface area contributed by atoms with Gasteiger partial charge < -0.3 is 69.6 Å². The summed E-state index contributed by atoms with van der Waals surface area (Å²) in [7, 11) is 0. The van der Waals surface area contributed by atoms with Crippen molar-refractivity contribution in [3.05, 3.63) is 47.5 Å². The number of benzene rings is 2. The maximum atomic E-state index is 13.3. The average molecular weight is 597 g/mol. The molecule has 3 heterocycles. The van der Waals surface area contributed by atoms with Crippen molar-refractivity contribution >= 4 is 5.78 Å². The molecule has 0 amide bonds. The topological polar surface area (TPSA) is 245 Å². The van der Waals surface area contributed by atoms with E-state index < -0.39 is 85.3 Å². The molecule has 0 spiro atoms. The lowest BCUT2D eigenvalue weighted by atomic mass is 9.97. The first-order valence-electron chi connectivity index (χ1n) is 13.1. The minimum Gasteiger partial charge on any atom is -0.508 e. The second-order valence-corrected chi connectivity index (χ2v) is 10.5. The minimum atomic E-state index is -2.40. The predicted octanol–water partition coefficient (Wildman–Crippen LogP) is -2.37. The van der Waals surface area contributed by atoms with Gasteiger partial charge in [0.15, 0.2) is 6.29 Å². The number of phenolic OH excluding ortho intramolecular Hbond substituents is 2. The van der Waals surface area contributed by atoms with Crippen LogP contribution in [0.4, 0.5) is 0 Å². The highest BCUT2D eigenvalue weighted by atomic mass is 16.7. The van der Waals surface area contributed by atoms with Crippen molar-refractivity contribution in [1.29, 1.82) is 0 Å². The maximum Gasteiger partial charge on any atom is 0.277 e. The van der Waals surface area contributed by atoms with E-state index in [1.807, 2.05) is 0 Å². The van der Waals surface area contributed by atoms with Gasteiger partial charge in [-0.05, 0) is 24.6 Å². The van der Waals surface area contributed by atoms with Crippen LogP contribution in [-0.2, 0) is 20.6 Å². The Balaban J connectivity index is 1.32. The Morgan fingerprint density at radius 2 is 1.45 bits per heavy atom. The number of ether oxygens (including phenoxy) is 5. The van der Waals surface area contributed by atoms with E-state index in [1.165, 1.54) is 31.2 Å². The quantitative estimate of drug-likeness (QED) is 0.162. The second-order valence-electron chi connectivity index (χ2n) is 10.5. The third-order valence-corrected chi connectivity index (χ3v) is 7.44. The van der Waals surface area contributed by atoms with E-state index in [0.717, 1.165) is 12.1 Å². The Morgan fingerprint density at radius 1 is 0.810 bits per heavy atom. The first-order chi connectivity index (χ1) is 19.8. The number of Topliss-reactive ketones (excluding diaryl/α,β-unsaturated/α-hetero) is 1. The fourth-order valence-electron chi connectivity index (χ4n) is 5.02. The highest BCUT2D eigenvalue weighted by Gasteiger charge is 2.51. The summed E-state index contributed by atoms with van der Waals surface area (Å²) in [5.74, 6) is -4.41. The standard InChI is InChI=1S/C27H32O15/c1-10-18(30)20(32)22(34)25(39-10)38-9-16-19(31)21(33)23(35)26(41-16)40-14-6-13(29)7-15-17(14)24(36)27(37,42-15)8-11-2-4-12(28)5-3-11/h2-7,10,16,18-23,25-26,28-35,37H,8-9H2,1H3/t10-,16+,18-,19+,20+,21-,22+,23+,25+,26+,27+/m0/s1. The molecule has 3 aliphatic heterocycles. The van der Waals surface area contributed by atoms with Gasteiger partial charge in [0.25, 0.3) is 5.79 Å². The highest BCUT2D eigenvalue weighted by molar-refractivity contribution is 6.09. The van der Waals surface area contributed by atoms with Crippen molar-refractivity contribution in [3.63, 3.8) is 0 Å². The molecule has 3 aliphatic rings. The third kappa shape index (κ3) is 5.63. The fourth-order valence-corrected chi connectivity index (χ4v) is 5.02. The van der Waals surface area contributed by atoms with E-state index in [2.05, 4.69) is 0 Å². The molecule has 15 nitrogen and oxygen atoms in total. The van der Waals surface area contributed by atoms with Gasteiger partial charge in [0.2, 0.25) is 12.1 Å². The van der Waals surface area contributed by atoms with Gasteiger partial charge in [-0.3, -0.25) is 4.79 Å². The van der Waals surface area contributed by atoms with E-state index in [0.29, 0.717) is 5.56 Å². The van der Waals surface area contributed by atoms with Crippen LogP contribution in [0.1, 0.15) is 22.8 Å². The number of aliphatic hydroxyl groups excluding tert-OH is 6. The molecule has 9 N–H and O–H groups in total. The number of hydrogen-bond donors (Lipinski definition) is 9. The van der Waals surface area contributed by atoms with E-state index in [9.17, 15) is 50.8 Å². The van der Waals surface area contributed by atoms with Gasteiger partial charge in [0.1, 0.15) is 71.3 Å². The van der Waals surface area contributed by atoms with Crippen LogP contribution < -0.4 is 9.47 Å². The summed E-state index contributed by atoms with van der Waals surface area (Å²) in [6.45, 7) is 0.894. The Labute approximate surface area is 238 Å². The normalized spacial score (nSPS) is 38.1. The first kappa shape index (κ1) is 30.4. The number of rotatable bonds is 7. The molecule has 42 heavy (non-hydrogen) atoms. The lowest BCUT2D eigenvalue weighted by Gasteiger charge is -2.42. The molecule has 2 saturated heterocycles. The van der Waals surface area contributed by atoms with Crippen molar-refractivity contribution in [1.82, 2.24) is 0 Å². The van der Waals surface area contributed by atoms with Crippen LogP contribution >= 0.6 is 0 Å². The number of ketones is 1. The van der Waals surface area contributed by atoms with E-state index in [-0.39, 0.29) is 29.2 Å². The minimum absolute atomic E-state index is 0.0243. The zero-order valence-electron chi connectivity index (χ0n) is 22.1. The average Bonchev–Trinajstić information content (AvgIpc) is 3.19. The van der Waals surface area contributed by atoms with Crippen LogP contribution in [0.5, 0.6) is 23.0 Å². The Kier molecular flexibility index (Phi) is 8.34. The Morgan fingerprint density at radius 3 is 2.14 bits per heavy atom. The summed E-state index contributed by atoms with van der Waals surface area (Å²) in [5, 5.41) is 92.3. The lowest BCUT2D eigenvalue weighted by molar-refractivity contribution is -0.318. The largest absolute Gasteiger partial charge is 0.508 e. The number of hydrogen-bond acceptors (Lipinski definition) is 15. The summed E-state index contributed by atoms with van der Waals surface area (Å²) in [6, 6.07) is 7.75. The molecule has 0 unspecified atom stereocenters. The summed E-state index contributed by atoms with van der Waals surface area (Å²) < 4.78 is 27.6. The van der Waals surface area contributed by atoms with Crippen LogP contribution in [0.2, 0.25) is 0 Å². The van der Waals surface area contributed by atoms with Crippen molar-refractivity contribution in [2.45, 2.75) is 80.5 Å². The molecule has 11 atom stereocenters. The fraction of sp³-hybridized carbons (Fsp3) is 0.519. The molecule has 0 radical (unpaired) electrons. The number of fused-ring (bicyclic) bond motifs is 1. The Hall–Kier alpha value is -3.09. The van der Waals surface area contributed by atoms with Gasteiger partial charge >= 0.3 is 0 Å². The maximum absolute atomic E-state index is 13.3. The van der Waals surface area contributed by atoms with E-state index in [1.54, 1.807) is 0 Å². The molecule has 2 aromatic carbocycles. The number of phenols is 2. The van der Waals surface area contributed by atoms with Crippen LogP contribution in [-0.4, -0.2) is 126 Å². The molecule has 5 rings (SSSR count). The number of aliphatic hydroxyl groups is 7. The lowest BCUT2D eigenvalue weighted by Crippen LogP contribution is -2.61. The van der Waals surface area contributed by atoms with Crippen LogP contribution in [0, 0.1) is 0 Å². The summed E-state index contributed by atoms with van der Waals surface area (Å²) in [4.78, 5) is 13.3. The Bertz CT molecular complexity index is 1290. The smallest absolute Gasteiger partial charge is 0.277 e. The van der Waals surface area contributed by atoms with Gasteiger partial charge in [0.05, 0.1) is 12.7 Å².